The minimum Gasteiger partial charge on any atom is -0.354 e. The minimum absolute atomic E-state index is 0.117. The molecule has 2 aromatic heterocycles. The van der Waals surface area contributed by atoms with Crippen LogP contribution in [0.2, 0.25) is 0 Å². The molecule has 5 aromatic rings. The number of H-pyrrole nitrogens is 1. The van der Waals surface area contributed by atoms with Crippen molar-refractivity contribution in [2.75, 3.05) is 5.32 Å². The third-order valence-electron chi connectivity index (χ3n) is 5.39. The van der Waals surface area contributed by atoms with Crippen LogP contribution in [0.1, 0.15) is 22.8 Å². The third-order valence-corrected chi connectivity index (χ3v) is 5.39. The number of fused-ring (bicyclic) bond motifs is 3. The lowest BCUT2D eigenvalue weighted by molar-refractivity contribution is 0.102. The van der Waals surface area contributed by atoms with E-state index in [9.17, 15) is 4.79 Å². The van der Waals surface area contributed by atoms with Crippen LogP contribution >= 0.6 is 0 Å². The van der Waals surface area contributed by atoms with E-state index in [1.807, 2.05) is 65.5 Å². The second kappa shape index (κ2) is 6.99. The molecule has 29 heavy (non-hydrogen) atoms. The summed E-state index contributed by atoms with van der Waals surface area (Å²) >= 11 is 0. The van der Waals surface area contributed by atoms with Gasteiger partial charge in [-0.1, -0.05) is 31.2 Å². The minimum atomic E-state index is -0.117. The number of carbonyl (C=O) groups excluding carboxylic acids is 1. The van der Waals surface area contributed by atoms with Gasteiger partial charge in [-0.25, -0.2) is 0 Å². The van der Waals surface area contributed by atoms with Crippen LogP contribution in [0.4, 0.5) is 5.69 Å². The Balaban J connectivity index is 1.42. The van der Waals surface area contributed by atoms with Crippen molar-refractivity contribution in [1.29, 1.82) is 0 Å². The number of aromatic amines is 1. The molecule has 4 heteroatoms. The number of rotatable bonds is 4. The van der Waals surface area contributed by atoms with Crippen molar-refractivity contribution < 1.29 is 4.79 Å². The summed E-state index contributed by atoms with van der Waals surface area (Å²) < 4.78 is 2.01. The first-order chi connectivity index (χ1) is 14.2. The molecule has 3 aromatic carbocycles. The van der Waals surface area contributed by atoms with E-state index in [-0.39, 0.29) is 5.91 Å². The van der Waals surface area contributed by atoms with E-state index in [1.54, 1.807) is 0 Å². The molecule has 0 aliphatic heterocycles. The zero-order valence-corrected chi connectivity index (χ0v) is 16.1. The Morgan fingerprint density at radius 1 is 0.931 bits per heavy atom. The number of hydrogen-bond donors (Lipinski definition) is 2. The summed E-state index contributed by atoms with van der Waals surface area (Å²) in [6.07, 6.45) is 4.94. The summed E-state index contributed by atoms with van der Waals surface area (Å²) in [4.78, 5) is 16.2. The highest BCUT2D eigenvalue weighted by Gasteiger charge is 2.10. The predicted molar refractivity (Wildman–Crippen MR) is 119 cm³/mol. The average molecular weight is 379 g/mol. The van der Waals surface area contributed by atoms with Crippen molar-refractivity contribution >= 4 is 33.4 Å². The molecule has 0 saturated carbocycles. The highest BCUT2D eigenvalue weighted by atomic mass is 16.1. The van der Waals surface area contributed by atoms with Crippen LogP contribution in [0.25, 0.3) is 27.5 Å². The lowest BCUT2D eigenvalue weighted by atomic mass is 10.1. The fourth-order valence-corrected chi connectivity index (χ4v) is 3.86. The van der Waals surface area contributed by atoms with E-state index in [0.29, 0.717) is 5.56 Å². The molecule has 0 aliphatic rings. The summed E-state index contributed by atoms with van der Waals surface area (Å²) in [5.41, 5.74) is 5.94. The molecule has 2 N–H and O–H groups in total. The molecule has 0 spiro atoms. The topological polar surface area (TPSA) is 49.8 Å². The van der Waals surface area contributed by atoms with E-state index < -0.39 is 0 Å². The van der Waals surface area contributed by atoms with Crippen molar-refractivity contribution in [3.05, 3.63) is 96.3 Å². The maximum absolute atomic E-state index is 12.7. The molecule has 1 amide bonds. The number of aryl methyl sites for hydroxylation is 1. The van der Waals surface area contributed by atoms with Crippen LogP contribution in [0, 0.1) is 0 Å². The molecule has 5 rings (SSSR count). The number of anilines is 1. The molecule has 0 radical (unpaired) electrons. The van der Waals surface area contributed by atoms with Crippen LogP contribution in [0.3, 0.4) is 0 Å². The van der Waals surface area contributed by atoms with Crippen molar-refractivity contribution in [3.8, 4) is 5.69 Å². The van der Waals surface area contributed by atoms with Gasteiger partial charge in [0.2, 0.25) is 0 Å². The van der Waals surface area contributed by atoms with Crippen molar-refractivity contribution in [2.45, 2.75) is 13.3 Å². The normalized spacial score (nSPS) is 11.2. The van der Waals surface area contributed by atoms with E-state index >= 15 is 0 Å². The molecule has 0 atom stereocenters. The Morgan fingerprint density at radius 3 is 2.48 bits per heavy atom. The predicted octanol–water partition coefficient (Wildman–Crippen LogP) is 5.93. The van der Waals surface area contributed by atoms with Gasteiger partial charge in [-0.05, 0) is 60.5 Å². The van der Waals surface area contributed by atoms with Gasteiger partial charge in [0.25, 0.3) is 5.91 Å². The fourth-order valence-electron chi connectivity index (χ4n) is 3.86. The van der Waals surface area contributed by atoms with Gasteiger partial charge in [-0.3, -0.25) is 4.79 Å². The first-order valence-corrected chi connectivity index (χ1v) is 9.81. The molecule has 0 aliphatic carbocycles. The number of nitrogens with zero attached hydrogens (tertiary/aromatic N) is 1. The highest BCUT2D eigenvalue weighted by Crippen LogP contribution is 2.30. The van der Waals surface area contributed by atoms with Crippen LogP contribution in [0.15, 0.2) is 85.2 Å². The monoisotopic (exact) mass is 379 g/mol. The van der Waals surface area contributed by atoms with Crippen LogP contribution < -0.4 is 5.32 Å². The van der Waals surface area contributed by atoms with Gasteiger partial charge in [0.05, 0.1) is 0 Å². The summed E-state index contributed by atoms with van der Waals surface area (Å²) in [6, 6.07) is 24.0. The van der Waals surface area contributed by atoms with Gasteiger partial charge in [-0.15, -0.1) is 0 Å². The number of carbonyl (C=O) groups is 1. The molecular weight excluding hydrogens is 358 g/mol. The SMILES string of the molecule is CCc1cccc2c1[nH]c1cc(NC(=O)c3ccc(-n4cccc4)cc3)ccc12. The van der Waals surface area contributed by atoms with Gasteiger partial charge >= 0.3 is 0 Å². The Hall–Kier alpha value is -3.79. The maximum atomic E-state index is 12.7. The molecular formula is C25H21N3O. The fraction of sp³-hybridized carbons (Fsp3) is 0.0800. The number of nitrogens with one attached hydrogen (secondary N) is 2. The van der Waals surface area contributed by atoms with Crippen molar-refractivity contribution in [1.82, 2.24) is 9.55 Å². The van der Waals surface area contributed by atoms with Gasteiger partial charge in [0.1, 0.15) is 0 Å². The van der Waals surface area contributed by atoms with Crippen molar-refractivity contribution in [3.63, 3.8) is 0 Å². The second-order valence-corrected chi connectivity index (χ2v) is 7.17. The quantitative estimate of drug-likeness (QED) is 0.400. The van der Waals surface area contributed by atoms with E-state index in [0.717, 1.165) is 23.3 Å². The summed E-state index contributed by atoms with van der Waals surface area (Å²) in [6.45, 7) is 2.16. The maximum Gasteiger partial charge on any atom is 0.255 e. The highest BCUT2D eigenvalue weighted by molar-refractivity contribution is 6.10. The Bertz CT molecular complexity index is 1310. The number of amides is 1. The molecule has 0 bridgehead atoms. The molecule has 4 nitrogen and oxygen atoms in total. The smallest absolute Gasteiger partial charge is 0.255 e. The third kappa shape index (κ3) is 3.09. The summed E-state index contributed by atoms with van der Waals surface area (Å²) in [7, 11) is 0. The zero-order valence-electron chi connectivity index (χ0n) is 16.1. The second-order valence-electron chi connectivity index (χ2n) is 7.17. The van der Waals surface area contributed by atoms with Crippen LogP contribution in [0.5, 0.6) is 0 Å². The van der Waals surface area contributed by atoms with E-state index in [4.69, 9.17) is 0 Å². The first-order valence-electron chi connectivity index (χ1n) is 9.81. The largest absolute Gasteiger partial charge is 0.354 e. The molecule has 0 saturated heterocycles. The lowest BCUT2D eigenvalue weighted by Crippen LogP contribution is -2.11. The van der Waals surface area contributed by atoms with Crippen LogP contribution in [-0.2, 0) is 6.42 Å². The van der Waals surface area contributed by atoms with Gasteiger partial charge < -0.3 is 14.9 Å². The van der Waals surface area contributed by atoms with Crippen LogP contribution in [-0.4, -0.2) is 15.5 Å². The number of hydrogen-bond acceptors (Lipinski definition) is 1. The standard InChI is InChI=1S/C25H21N3O/c1-2-17-6-5-7-22-21-13-10-19(16-23(21)27-24(17)22)26-25(29)18-8-11-20(12-9-18)28-14-3-4-15-28/h3-16,27H,2H2,1H3,(H,26,29). The molecule has 2 heterocycles. The van der Waals surface area contributed by atoms with Gasteiger partial charge in [-0.2, -0.15) is 0 Å². The lowest BCUT2D eigenvalue weighted by Gasteiger charge is -2.07. The van der Waals surface area contributed by atoms with E-state index in [1.165, 1.54) is 21.9 Å². The van der Waals surface area contributed by atoms with Crippen molar-refractivity contribution in [2.24, 2.45) is 0 Å². The van der Waals surface area contributed by atoms with Gasteiger partial charge in [0, 0.05) is 51.1 Å². The Labute approximate surface area is 168 Å². The Morgan fingerprint density at radius 2 is 1.72 bits per heavy atom. The number of benzene rings is 3. The van der Waals surface area contributed by atoms with E-state index in [2.05, 4.69) is 41.5 Å². The molecule has 0 unspecified atom stereocenters. The zero-order chi connectivity index (χ0) is 19.8. The number of aromatic nitrogens is 2. The van der Waals surface area contributed by atoms with Gasteiger partial charge in [0.15, 0.2) is 0 Å². The summed E-state index contributed by atoms with van der Waals surface area (Å²) in [5, 5.41) is 5.40. The first kappa shape index (κ1) is 17.3. The number of para-hydroxylation sites is 1. The summed E-state index contributed by atoms with van der Waals surface area (Å²) in [5.74, 6) is -0.117. The Kier molecular flexibility index (Phi) is 4.17. The molecule has 0 fully saturated rings. The molecule has 142 valence electrons. The average Bonchev–Trinajstić information content (AvgIpc) is 3.41.